The molecule has 4 rings (SSSR count). The average Bonchev–Trinajstić information content (AvgIpc) is 3.38. The lowest BCUT2D eigenvalue weighted by molar-refractivity contribution is -0.123. The smallest absolute Gasteiger partial charge is 0.266 e. The molecular formula is C27H27N3O2S2. The summed E-state index contributed by atoms with van der Waals surface area (Å²) in [5.74, 6) is 0.729. The number of carbonyl (C=O) groups excluding carboxylic acids is 1. The van der Waals surface area contributed by atoms with Crippen molar-refractivity contribution >= 4 is 40.3 Å². The molecule has 1 aliphatic heterocycles. The minimum Gasteiger partial charge on any atom is -0.490 e. The van der Waals surface area contributed by atoms with Crippen LogP contribution in [0.5, 0.6) is 5.75 Å². The molecule has 174 valence electrons. The van der Waals surface area contributed by atoms with E-state index in [0.29, 0.717) is 15.8 Å². The van der Waals surface area contributed by atoms with Crippen LogP contribution in [-0.2, 0) is 4.79 Å². The number of hydrogen-bond donors (Lipinski definition) is 0. The lowest BCUT2D eigenvalue weighted by atomic mass is 10.0. The van der Waals surface area contributed by atoms with E-state index in [2.05, 4.69) is 13.5 Å². The van der Waals surface area contributed by atoms with Crippen LogP contribution in [0.1, 0.15) is 31.4 Å². The molecule has 2 heterocycles. The van der Waals surface area contributed by atoms with Gasteiger partial charge < -0.3 is 4.74 Å². The zero-order valence-corrected chi connectivity index (χ0v) is 21.2. The van der Waals surface area contributed by atoms with Crippen molar-refractivity contribution in [2.45, 2.75) is 33.2 Å². The minimum absolute atomic E-state index is 0.0485. The number of thioether (sulfide) groups is 1. The highest BCUT2D eigenvalue weighted by atomic mass is 32.2. The van der Waals surface area contributed by atoms with E-state index in [0.717, 1.165) is 40.2 Å². The molecule has 0 unspecified atom stereocenters. The highest BCUT2D eigenvalue weighted by molar-refractivity contribution is 8.26. The zero-order chi connectivity index (χ0) is 24.2. The molecule has 0 saturated carbocycles. The largest absolute Gasteiger partial charge is 0.490 e. The van der Waals surface area contributed by atoms with Gasteiger partial charge in [-0.1, -0.05) is 61.8 Å². The molecular weight excluding hydrogens is 462 g/mol. The van der Waals surface area contributed by atoms with Gasteiger partial charge in [-0.3, -0.25) is 9.69 Å². The molecule has 1 atom stereocenters. The van der Waals surface area contributed by atoms with E-state index in [4.69, 9.17) is 22.1 Å². The summed E-state index contributed by atoms with van der Waals surface area (Å²) in [4.78, 5) is 15.5. The lowest BCUT2D eigenvalue weighted by Gasteiger charge is -2.21. The molecule has 0 radical (unpaired) electrons. The molecule has 1 amide bonds. The van der Waals surface area contributed by atoms with Crippen LogP contribution in [0.4, 0.5) is 0 Å². The van der Waals surface area contributed by atoms with Crippen LogP contribution in [0, 0.1) is 6.92 Å². The molecule has 0 bridgehead atoms. The second-order valence-electron chi connectivity index (χ2n) is 8.10. The molecule has 7 heteroatoms. The summed E-state index contributed by atoms with van der Waals surface area (Å²) >= 11 is 6.86. The van der Waals surface area contributed by atoms with Crippen molar-refractivity contribution in [3.63, 3.8) is 0 Å². The fourth-order valence-electron chi connectivity index (χ4n) is 3.75. The molecule has 3 aromatic rings. The molecule has 0 aliphatic carbocycles. The molecule has 2 aromatic carbocycles. The van der Waals surface area contributed by atoms with Crippen molar-refractivity contribution in [2.75, 3.05) is 6.61 Å². The fourth-order valence-corrected chi connectivity index (χ4v) is 5.20. The van der Waals surface area contributed by atoms with E-state index in [1.165, 1.54) is 11.8 Å². The zero-order valence-electron chi connectivity index (χ0n) is 19.5. The number of amides is 1. The number of nitrogens with zero attached hydrogens (tertiary/aromatic N) is 3. The summed E-state index contributed by atoms with van der Waals surface area (Å²) in [6.07, 6.45) is 6.43. The van der Waals surface area contributed by atoms with Crippen molar-refractivity contribution in [3.05, 3.63) is 83.4 Å². The van der Waals surface area contributed by atoms with E-state index in [9.17, 15) is 4.79 Å². The van der Waals surface area contributed by atoms with Gasteiger partial charge in [-0.25, -0.2) is 4.68 Å². The maximum Gasteiger partial charge on any atom is 0.266 e. The first-order valence-corrected chi connectivity index (χ1v) is 12.4. The summed E-state index contributed by atoms with van der Waals surface area (Å²) in [6, 6.07) is 15.9. The molecule has 1 fully saturated rings. The van der Waals surface area contributed by atoms with Crippen LogP contribution < -0.4 is 4.74 Å². The van der Waals surface area contributed by atoms with Gasteiger partial charge in [0.15, 0.2) is 0 Å². The summed E-state index contributed by atoms with van der Waals surface area (Å²) in [5.41, 5.74) is 4.60. The van der Waals surface area contributed by atoms with Gasteiger partial charge in [0, 0.05) is 23.4 Å². The molecule has 1 aliphatic rings. The van der Waals surface area contributed by atoms with Crippen molar-refractivity contribution in [3.8, 4) is 22.7 Å². The number of benzene rings is 2. The molecule has 5 nitrogen and oxygen atoms in total. The standard InChI is InChI=1S/C27H27N3O2S2/c1-5-14-32-22-12-13-23(18(3)15-22)25-20(17-29(28-25)21-10-8-7-9-11-21)16-24-26(31)30(19(4)6-2)27(33)34-24/h5,7-13,15-17,19H,1,6,14H2,2-4H3/b24-16-/t19-/m0/s1. The van der Waals surface area contributed by atoms with E-state index in [1.807, 2.05) is 79.3 Å². The minimum atomic E-state index is -0.0485. The predicted octanol–water partition coefficient (Wildman–Crippen LogP) is 6.41. The van der Waals surface area contributed by atoms with E-state index in [1.54, 1.807) is 11.0 Å². The number of carbonyl (C=O) groups is 1. The molecule has 1 aromatic heterocycles. The van der Waals surface area contributed by atoms with Gasteiger partial charge >= 0.3 is 0 Å². The molecule has 0 N–H and O–H groups in total. The van der Waals surface area contributed by atoms with Crippen molar-refractivity contribution in [1.29, 1.82) is 0 Å². The molecule has 34 heavy (non-hydrogen) atoms. The average molecular weight is 490 g/mol. The lowest BCUT2D eigenvalue weighted by Crippen LogP contribution is -2.36. The van der Waals surface area contributed by atoms with Gasteiger partial charge in [0.25, 0.3) is 5.91 Å². The second-order valence-corrected chi connectivity index (χ2v) is 9.77. The first-order chi connectivity index (χ1) is 16.4. The first-order valence-electron chi connectivity index (χ1n) is 11.2. The number of ether oxygens (including phenoxy) is 1. The maximum atomic E-state index is 13.2. The Morgan fingerprint density at radius 3 is 2.68 bits per heavy atom. The number of aromatic nitrogens is 2. The Kier molecular flexibility index (Phi) is 7.34. The number of para-hydroxylation sites is 1. The van der Waals surface area contributed by atoms with Crippen LogP contribution in [0.3, 0.4) is 0 Å². The summed E-state index contributed by atoms with van der Waals surface area (Å²) in [6.45, 7) is 10.3. The van der Waals surface area contributed by atoms with Crippen molar-refractivity contribution < 1.29 is 9.53 Å². The van der Waals surface area contributed by atoms with Crippen LogP contribution >= 0.6 is 24.0 Å². The van der Waals surface area contributed by atoms with Crippen LogP contribution in [0.15, 0.2) is 72.3 Å². The highest BCUT2D eigenvalue weighted by Gasteiger charge is 2.35. The Hall–Kier alpha value is -3.16. The normalized spacial score (nSPS) is 15.7. The van der Waals surface area contributed by atoms with Crippen molar-refractivity contribution in [1.82, 2.24) is 14.7 Å². The van der Waals surface area contributed by atoms with Crippen LogP contribution in [-0.4, -0.2) is 37.6 Å². The highest BCUT2D eigenvalue weighted by Crippen LogP contribution is 2.37. The van der Waals surface area contributed by atoms with Crippen LogP contribution in [0.2, 0.25) is 0 Å². The third-order valence-electron chi connectivity index (χ3n) is 5.73. The summed E-state index contributed by atoms with van der Waals surface area (Å²) < 4.78 is 8.13. The predicted molar refractivity (Wildman–Crippen MR) is 144 cm³/mol. The van der Waals surface area contributed by atoms with E-state index in [-0.39, 0.29) is 11.9 Å². The van der Waals surface area contributed by atoms with Crippen LogP contribution in [0.25, 0.3) is 23.0 Å². The maximum absolute atomic E-state index is 13.2. The molecule has 1 saturated heterocycles. The Labute approximate surface area is 210 Å². The summed E-state index contributed by atoms with van der Waals surface area (Å²) in [5, 5.41) is 4.91. The third-order valence-corrected chi connectivity index (χ3v) is 7.06. The monoisotopic (exact) mass is 489 g/mol. The second kappa shape index (κ2) is 10.4. The number of hydrogen-bond acceptors (Lipinski definition) is 5. The third kappa shape index (κ3) is 4.86. The Bertz CT molecular complexity index is 1260. The van der Waals surface area contributed by atoms with E-state index >= 15 is 0 Å². The van der Waals surface area contributed by atoms with Gasteiger partial charge in [0.05, 0.1) is 10.6 Å². The topological polar surface area (TPSA) is 47.4 Å². The Morgan fingerprint density at radius 2 is 2.00 bits per heavy atom. The number of thiocarbonyl (C=S) groups is 1. The fraction of sp³-hybridized carbons (Fsp3) is 0.222. The van der Waals surface area contributed by atoms with Gasteiger partial charge in [0.2, 0.25) is 0 Å². The van der Waals surface area contributed by atoms with Gasteiger partial charge in [-0.15, -0.1) is 0 Å². The summed E-state index contributed by atoms with van der Waals surface area (Å²) in [7, 11) is 0. The molecule has 0 spiro atoms. The Morgan fingerprint density at radius 1 is 1.24 bits per heavy atom. The van der Waals surface area contributed by atoms with Gasteiger partial charge in [0.1, 0.15) is 22.4 Å². The van der Waals surface area contributed by atoms with Gasteiger partial charge in [-0.05, 0) is 62.2 Å². The quantitative estimate of drug-likeness (QED) is 0.208. The number of aryl methyl sites for hydroxylation is 1. The number of rotatable bonds is 8. The van der Waals surface area contributed by atoms with E-state index < -0.39 is 0 Å². The SMILES string of the molecule is C=CCOc1ccc(-c2nn(-c3ccccc3)cc2/C=C2\SC(=S)N([C@@H](C)CC)C2=O)c(C)c1. The first kappa shape index (κ1) is 24.0. The van der Waals surface area contributed by atoms with Crippen molar-refractivity contribution in [2.24, 2.45) is 0 Å². The Balaban J connectivity index is 1.79. The van der Waals surface area contributed by atoms with Gasteiger partial charge in [-0.2, -0.15) is 5.10 Å².